The standard InChI is InChI=1S/C18H23N2O6P/c1-4-25-27(23,26-5-2)18(14-6-10-16(11-7-14)20(21)22)19-15-8-12-17(24-3)13-9-15/h6-13,18-19H,4-5H2,1-3H3. The largest absolute Gasteiger partial charge is 0.497 e. The Hall–Kier alpha value is -2.41. The molecular weight excluding hydrogens is 371 g/mol. The average molecular weight is 394 g/mol. The predicted octanol–water partition coefficient (Wildman–Crippen LogP) is 4.98. The van der Waals surface area contributed by atoms with Gasteiger partial charge < -0.3 is 19.1 Å². The van der Waals surface area contributed by atoms with Crippen LogP contribution in [0.2, 0.25) is 0 Å². The molecule has 1 N–H and O–H groups in total. The highest BCUT2D eigenvalue weighted by atomic mass is 31.2. The molecule has 2 aromatic rings. The number of hydrogen-bond donors (Lipinski definition) is 1. The SMILES string of the molecule is CCOP(=O)(OCC)C(Nc1ccc(OC)cc1)c1ccc([N+](=O)[O-])cc1. The van der Waals surface area contributed by atoms with Gasteiger partial charge in [-0.3, -0.25) is 14.7 Å². The Morgan fingerprint density at radius 2 is 1.59 bits per heavy atom. The molecule has 0 heterocycles. The van der Waals surface area contributed by atoms with Gasteiger partial charge in [0.2, 0.25) is 0 Å². The first-order valence-corrected chi connectivity index (χ1v) is 10.1. The van der Waals surface area contributed by atoms with E-state index in [-0.39, 0.29) is 18.9 Å². The van der Waals surface area contributed by atoms with Crippen LogP contribution < -0.4 is 10.1 Å². The average Bonchev–Trinajstić information content (AvgIpc) is 2.67. The lowest BCUT2D eigenvalue weighted by molar-refractivity contribution is -0.384. The van der Waals surface area contributed by atoms with Crippen molar-refractivity contribution in [3.8, 4) is 5.75 Å². The summed E-state index contributed by atoms with van der Waals surface area (Å²) in [5.41, 5.74) is 1.19. The number of hydrogen-bond acceptors (Lipinski definition) is 7. The van der Waals surface area contributed by atoms with Crippen LogP contribution in [0.3, 0.4) is 0 Å². The number of benzene rings is 2. The molecule has 0 spiro atoms. The van der Waals surface area contributed by atoms with Crippen molar-refractivity contribution in [2.45, 2.75) is 19.6 Å². The summed E-state index contributed by atoms with van der Waals surface area (Å²) in [6.45, 7) is 3.86. The highest BCUT2D eigenvalue weighted by molar-refractivity contribution is 7.54. The van der Waals surface area contributed by atoms with E-state index < -0.39 is 18.3 Å². The summed E-state index contributed by atoms with van der Waals surface area (Å²) in [6, 6.07) is 12.9. The quantitative estimate of drug-likeness (QED) is 0.344. The molecule has 27 heavy (non-hydrogen) atoms. The van der Waals surface area contributed by atoms with E-state index in [1.165, 1.54) is 12.1 Å². The fourth-order valence-electron chi connectivity index (χ4n) is 2.51. The van der Waals surface area contributed by atoms with E-state index in [1.54, 1.807) is 57.4 Å². The minimum atomic E-state index is -3.59. The maximum absolute atomic E-state index is 13.4. The summed E-state index contributed by atoms with van der Waals surface area (Å²) in [6.07, 6.45) is 0. The molecule has 0 fully saturated rings. The van der Waals surface area contributed by atoms with Gasteiger partial charge in [-0.15, -0.1) is 0 Å². The zero-order valence-electron chi connectivity index (χ0n) is 15.5. The molecule has 0 bridgehead atoms. The molecule has 0 radical (unpaired) electrons. The first-order chi connectivity index (χ1) is 12.9. The fraction of sp³-hybridized carbons (Fsp3) is 0.333. The minimum Gasteiger partial charge on any atom is -0.497 e. The molecule has 0 amide bonds. The van der Waals surface area contributed by atoms with Crippen molar-refractivity contribution in [2.75, 3.05) is 25.6 Å². The fourth-order valence-corrected chi connectivity index (χ4v) is 4.45. The third kappa shape index (κ3) is 5.29. The lowest BCUT2D eigenvalue weighted by atomic mass is 10.2. The second-order valence-electron chi connectivity index (χ2n) is 5.50. The Morgan fingerprint density at radius 1 is 1.04 bits per heavy atom. The molecule has 146 valence electrons. The number of ether oxygens (including phenoxy) is 1. The maximum atomic E-state index is 13.4. The van der Waals surface area contributed by atoms with E-state index >= 15 is 0 Å². The zero-order chi connectivity index (χ0) is 19.9. The Balaban J connectivity index is 2.42. The third-order valence-electron chi connectivity index (χ3n) is 3.75. The topological polar surface area (TPSA) is 99.9 Å². The molecular formula is C18H23N2O6P. The summed E-state index contributed by atoms with van der Waals surface area (Å²) in [5, 5.41) is 14.1. The van der Waals surface area contributed by atoms with Crippen LogP contribution in [0.15, 0.2) is 48.5 Å². The van der Waals surface area contributed by atoms with Crippen LogP contribution in [-0.4, -0.2) is 25.2 Å². The zero-order valence-corrected chi connectivity index (χ0v) is 16.3. The number of methoxy groups -OCH3 is 1. The van der Waals surface area contributed by atoms with Gasteiger partial charge in [-0.2, -0.15) is 0 Å². The van der Waals surface area contributed by atoms with Crippen molar-refractivity contribution in [1.82, 2.24) is 0 Å². The minimum absolute atomic E-state index is 0.0513. The lowest BCUT2D eigenvalue weighted by Gasteiger charge is -2.28. The van der Waals surface area contributed by atoms with E-state index in [1.807, 2.05) is 0 Å². The monoisotopic (exact) mass is 394 g/mol. The number of non-ortho nitro benzene ring substituents is 1. The van der Waals surface area contributed by atoms with Crippen LogP contribution in [0.5, 0.6) is 5.75 Å². The van der Waals surface area contributed by atoms with Gasteiger partial charge in [0, 0.05) is 17.8 Å². The van der Waals surface area contributed by atoms with Crippen LogP contribution in [0.4, 0.5) is 11.4 Å². The molecule has 0 aliphatic heterocycles. The molecule has 2 aromatic carbocycles. The molecule has 0 aliphatic carbocycles. The van der Waals surface area contributed by atoms with E-state index in [2.05, 4.69) is 5.32 Å². The molecule has 0 saturated carbocycles. The number of nitro groups is 1. The van der Waals surface area contributed by atoms with Crippen LogP contribution in [-0.2, 0) is 13.6 Å². The van der Waals surface area contributed by atoms with Gasteiger partial charge in [0.1, 0.15) is 5.75 Å². The van der Waals surface area contributed by atoms with Gasteiger partial charge in [-0.25, -0.2) is 0 Å². The second-order valence-corrected chi connectivity index (χ2v) is 7.61. The van der Waals surface area contributed by atoms with Gasteiger partial charge in [-0.1, -0.05) is 0 Å². The Morgan fingerprint density at radius 3 is 2.04 bits per heavy atom. The third-order valence-corrected chi connectivity index (χ3v) is 6.04. The molecule has 2 rings (SSSR count). The Bertz CT molecular complexity index is 785. The molecule has 0 aromatic heterocycles. The maximum Gasteiger partial charge on any atom is 0.357 e. The van der Waals surface area contributed by atoms with Crippen molar-refractivity contribution in [3.63, 3.8) is 0 Å². The molecule has 0 aliphatic rings. The highest BCUT2D eigenvalue weighted by Gasteiger charge is 2.37. The first kappa shape index (κ1) is 20.9. The van der Waals surface area contributed by atoms with Gasteiger partial charge in [0.25, 0.3) is 5.69 Å². The summed E-state index contributed by atoms with van der Waals surface area (Å²) >= 11 is 0. The van der Waals surface area contributed by atoms with E-state index in [4.69, 9.17) is 13.8 Å². The van der Waals surface area contributed by atoms with Gasteiger partial charge >= 0.3 is 7.60 Å². The molecule has 1 atom stereocenters. The van der Waals surface area contributed by atoms with Crippen molar-refractivity contribution < 1.29 is 23.3 Å². The molecule has 9 heteroatoms. The number of nitrogens with one attached hydrogen (secondary N) is 1. The smallest absolute Gasteiger partial charge is 0.357 e. The van der Waals surface area contributed by atoms with Gasteiger partial charge in [0.05, 0.1) is 25.2 Å². The van der Waals surface area contributed by atoms with E-state index in [0.717, 1.165) is 0 Å². The summed E-state index contributed by atoms with van der Waals surface area (Å²) in [4.78, 5) is 10.4. The molecule has 1 unspecified atom stereocenters. The molecule has 8 nitrogen and oxygen atoms in total. The van der Waals surface area contributed by atoms with E-state index in [0.29, 0.717) is 17.0 Å². The number of rotatable bonds is 10. The predicted molar refractivity (Wildman–Crippen MR) is 103 cm³/mol. The summed E-state index contributed by atoms with van der Waals surface area (Å²) in [5.74, 6) is -0.142. The Labute approximate surface area is 158 Å². The van der Waals surface area contributed by atoms with Crippen molar-refractivity contribution in [3.05, 3.63) is 64.2 Å². The van der Waals surface area contributed by atoms with Gasteiger partial charge in [-0.05, 0) is 55.8 Å². The first-order valence-electron chi connectivity index (χ1n) is 8.47. The van der Waals surface area contributed by atoms with Gasteiger partial charge in [0.15, 0.2) is 5.78 Å². The van der Waals surface area contributed by atoms with Crippen LogP contribution in [0, 0.1) is 10.1 Å². The van der Waals surface area contributed by atoms with Crippen LogP contribution >= 0.6 is 7.60 Å². The van der Waals surface area contributed by atoms with Crippen molar-refractivity contribution in [1.29, 1.82) is 0 Å². The van der Waals surface area contributed by atoms with Crippen LogP contribution in [0.1, 0.15) is 25.2 Å². The lowest BCUT2D eigenvalue weighted by Crippen LogP contribution is -2.15. The van der Waals surface area contributed by atoms with Crippen LogP contribution in [0.25, 0.3) is 0 Å². The molecule has 0 saturated heterocycles. The van der Waals surface area contributed by atoms with E-state index in [9.17, 15) is 14.7 Å². The number of nitrogens with zero attached hydrogens (tertiary/aromatic N) is 1. The van der Waals surface area contributed by atoms with Crippen molar-refractivity contribution >= 4 is 19.0 Å². The summed E-state index contributed by atoms with van der Waals surface area (Å²) in [7, 11) is -2.02. The normalized spacial score (nSPS) is 12.4. The number of nitro benzene ring substituents is 1. The second kappa shape index (κ2) is 9.50. The summed E-state index contributed by atoms with van der Waals surface area (Å²) < 4.78 is 29.5. The highest BCUT2D eigenvalue weighted by Crippen LogP contribution is 2.60. The number of anilines is 1. The van der Waals surface area contributed by atoms with Crippen molar-refractivity contribution in [2.24, 2.45) is 0 Å². The Kier molecular flexibility index (Phi) is 7.36.